The molecule has 2 aromatic carbocycles. The average molecular weight is 327 g/mol. The van der Waals surface area contributed by atoms with Crippen molar-refractivity contribution in [2.45, 2.75) is 0 Å². The Kier molecular flexibility index (Phi) is 4.44. The fourth-order valence-corrected chi connectivity index (χ4v) is 2.27. The van der Waals surface area contributed by atoms with Crippen LogP contribution in [0.3, 0.4) is 0 Å². The summed E-state index contributed by atoms with van der Waals surface area (Å²) in [7, 11) is 1.69. The van der Waals surface area contributed by atoms with E-state index in [2.05, 4.69) is 4.98 Å². The summed E-state index contributed by atoms with van der Waals surface area (Å²) in [5, 5.41) is 1.66. The number of benzene rings is 2. The standard InChI is InChI=1S/C18H15ClN2O2/c1-21(17-11-6-13-4-2-3-5-16(13)20-17)18(22)12-23-15-9-7-14(19)8-10-15/h2-11H,12H2,1H3. The van der Waals surface area contributed by atoms with E-state index in [1.165, 1.54) is 4.90 Å². The second kappa shape index (κ2) is 6.67. The number of carbonyl (C=O) groups excluding carboxylic acids is 1. The summed E-state index contributed by atoms with van der Waals surface area (Å²) in [5.41, 5.74) is 0.850. The highest BCUT2D eigenvalue weighted by molar-refractivity contribution is 6.30. The first kappa shape index (κ1) is 15.3. The summed E-state index contributed by atoms with van der Waals surface area (Å²) >= 11 is 5.81. The van der Waals surface area contributed by atoms with Crippen molar-refractivity contribution in [3.05, 3.63) is 65.7 Å². The number of halogens is 1. The molecule has 23 heavy (non-hydrogen) atoms. The van der Waals surface area contributed by atoms with Gasteiger partial charge < -0.3 is 4.74 Å². The van der Waals surface area contributed by atoms with Crippen LogP contribution in [0.4, 0.5) is 5.82 Å². The van der Waals surface area contributed by atoms with E-state index in [0.29, 0.717) is 16.6 Å². The molecule has 1 heterocycles. The molecule has 3 rings (SSSR count). The summed E-state index contributed by atoms with van der Waals surface area (Å²) in [6.45, 7) is -0.0629. The van der Waals surface area contributed by atoms with Gasteiger partial charge in [0.15, 0.2) is 6.61 Å². The zero-order valence-electron chi connectivity index (χ0n) is 12.6. The third kappa shape index (κ3) is 3.60. The van der Waals surface area contributed by atoms with Crippen LogP contribution in [0.15, 0.2) is 60.7 Å². The zero-order valence-corrected chi connectivity index (χ0v) is 13.3. The van der Waals surface area contributed by atoms with Crippen LogP contribution in [0.25, 0.3) is 10.9 Å². The average Bonchev–Trinajstić information content (AvgIpc) is 2.60. The highest BCUT2D eigenvalue weighted by Gasteiger charge is 2.13. The maximum Gasteiger partial charge on any atom is 0.265 e. The maximum absolute atomic E-state index is 12.3. The van der Waals surface area contributed by atoms with Crippen molar-refractivity contribution in [1.82, 2.24) is 4.98 Å². The van der Waals surface area contributed by atoms with Gasteiger partial charge >= 0.3 is 0 Å². The van der Waals surface area contributed by atoms with Crippen LogP contribution in [-0.2, 0) is 4.79 Å². The molecule has 0 radical (unpaired) electrons. The summed E-state index contributed by atoms with van der Waals surface area (Å²) in [4.78, 5) is 18.2. The van der Waals surface area contributed by atoms with E-state index in [1.54, 1.807) is 31.3 Å². The summed E-state index contributed by atoms with van der Waals surface area (Å²) in [5.74, 6) is 1.01. The number of likely N-dealkylation sites (N-methyl/N-ethyl adjacent to an activating group) is 1. The van der Waals surface area contributed by atoms with Gasteiger partial charge in [-0.1, -0.05) is 29.8 Å². The lowest BCUT2D eigenvalue weighted by atomic mass is 10.2. The van der Waals surface area contributed by atoms with Crippen LogP contribution in [0, 0.1) is 0 Å². The fourth-order valence-electron chi connectivity index (χ4n) is 2.14. The summed E-state index contributed by atoms with van der Waals surface area (Å²) < 4.78 is 5.48. The molecule has 3 aromatic rings. The van der Waals surface area contributed by atoms with Crippen molar-refractivity contribution < 1.29 is 9.53 Å². The first-order chi connectivity index (χ1) is 11.1. The van der Waals surface area contributed by atoms with Crippen LogP contribution in [0.5, 0.6) is 5.75 Å². The molecule has 0 saturated carbocycles. The van der Waals surface area contributed by atoms with E-state index < -0.39 is 0 Å². The molecule has 0 spiro atoms. The quantitative estimate of drug-likeness (QED) is 0.729. The van der Waals surface area contributed by atoms with Gasteiger partial charge in [-0.15, -0.1) is 0 Å². The van der Waals surface area contributed by atoms with Crippen molar-refractivity contribution in [3.8, 4) is 5.75 Å². The monoisotopic (exact) mass is 326 g/mol. The van der Waals surface area contributed by atoms with E-state index in [4.69, 9.17) is 16.3 Å². The molecule has 0 aliphatic heterocycles. The molecule has 0 aliphatic rings. The van der Waals surface area contributed by atoms with E-state index >= 15 is 0 Å². The van der Waals surface area contributed by atoms with Crippen molar-refractivity contribution in [1.29, 1.82) is 0 Å². The molecule has 0 fully saturated rings. The SMILES string of the molecule is CN(C(=O)COc1ccc(Cl)cc1)c1ccc2ccccc2n1. The van der Waals surface area contributed by atoms with Crippen LogP contribution >= 0.6 is 11.6 Å². The minimum atomic E-state index is -0.178. The van der Waals surface area contributed by atoms with Crippen LogP contribution in [-0.4, -0.2) is 24.5 Å². The van der Waals surface area contributed by atoms with Gasteiger partial charge in [-0.2, -0.15) is 0 Å². The molecule has 0 saturated heterocycles. The fraction of sp³-hybridized carbons (Fsp3) is 0.111. The Morgan fingerprint density at radius 1 is 1.09 bits per heavy atom. The summed E-state index contributed by atoms with van der Waals surface area (Å²) in [6.07, 6.45) is 0. The topological polar surface area (TPSA) is 42.4 Å². The maximum atomic E-state index is 12.3. The van der Waals surface area contributed by atoms with Crippen LogP contribution in [0.1, 0.15) is 0 Å². The van der Waals surface area contributed by atoms with Gasteiger partial charge in [-0.3, -0.25) is 9.69 Å². The van der Waals surface area contributed by atoms with Crippen LogP contribution in [0.2, 0.25) is 5.02 Å². The summed E-state index contributed by atoms with van der Waals surface area (Å²) in [6, 6.07) is 18.4. The number of hydrogen-bond acceptors (Lipinski definition) is 3. The number of ether oxygens (including phenoxy) is 1. The smallest absolute Gasteiger partial charge is 0.265 e. The van der Waals surface area contributed by atoms with Crippen molar-refractivity contribution in [2.24, 2.45) is 0 Å². The lowest BCUT2D eigenvalue weighted by molar-refractivity contribution is -0.120. The third-order valence-corrected chi connectivity index (χ3v) is 3.73. The van der Waals surface area contributed by atoms with E-state index in [-0.39, 0.29) is 12.5 Å². The van der Waals surface area contributed by atoms with Gasteiger partial charge in [0, 0.05) is 17.5 Å². The molecule has 0 bridgehead atoms. The number of hydrogen-bond donors (Lipinski definition) is 0. The molecule has 1 aromatic heterocycles. The predicted octanol–water partition coefficient (Wildman–Crippen LogP) is 3.93. The number of pyridine rings is 1. The first-order valence-corrected chi connectivity index (χ1v) is 7.52. The minimum Gasteiger partial charge on any atom is -0.484 e. The molecular formula is C18H15ClN2O2. The van der Waals surface area contributed by atoms with E-state index in [0.717, 1.165) is 10.9 Å². The molecule has 0 N–H and O–H groups in total. The Hall–Kier alpha value is -2.59. The number of para-hydroxylation sites is 1. The van der Waals surface area contributed by atoms with Gasteiger partial charge in [0.1, 0.15) is 11.6 Å². The van der Waals surface area contributed by atoms with Gasteiger partial charge in [-0.05, 0) is 42.5 Å². The number of amides is 1. The van der Waals surface area contributed by atoms with E-state index in [9.17, 15) is 4.79 Å². The van der Waals surface area contributed by atoms with Crippen LogP contribution < -0.4 is 9.64 Å². The molecule has 0 atom stereocenters. The predicted molar refractivity (Wildman–Crippen MR) is 92.1 cm³/mol. The van der Waals surface area contributed by atoms with Crippen molar-refractivity contribution >= 4 is 34.2 Å². The molecule has 0 aliphatic carbocycles. The number of carbonyl (C=O) groups is 1. The molecule has 1 amide bonds. The Labute approximate surface area is 139 Å². The van der Waals surface area contributed by atoms with Gasteiger partial charge in [0.05, 0.1) is 5.52 Å². The van der Waals surface area contributed by atoms with Crippen molar-refractivity contribution in [3.63, 3.8) is 0 Å². The number of anilines is 1. The normalized spacial score (nSPS) is 10.5. The molecule has 4 nitrogen and oxygen atoms in total. The molecule has 116 valence electrons. The Bertz CT molecular complexity index is 834. The molecule has 0 unspecified atom stereocenters. The lowest BCUT2D eigenvalue weighted by Gasteiger charge is -2.17. The molecular weight excluding hydrogens is 312 g/mol. The zero-order chi connectivity index (χ0) is 16.2. The Morgan fingerprint density at radius 2 is 1.83 bits per heavy atom. The van der Waals surface area contributed by atoms with E-state index in [1.807, 2.05) is 36.4 Å². The number of nitrogens with zero attached hydrogens (tertiary/aromatic N) is 2. The highest BCUT2D eigenvalue weighted by Crippen LogP contribution is 2.18. The number of rotatable bonds is 4. The minimum absolute atomic E-state index is 0.0629. The largest absolute Gasteiger partial charge is 0.484 e. The van der Waals surface area contributed by atoms with Gasteiger partial charge in [0.2, 0.25) is 0 Å². The number of aromatic nitrogens is 1. The third-order valence-electron chi connectivity index (χ3n) is 3.48. The van der Waals surface area contributed by atoms with Gasteiger partial charge in [-0.25, -0.2) is 4.98 Å². The Balaban J connectivity index is 1.69. The second-order valence-corrected chi connectivity index (χ2v) is 5.49. The Morgan fingerprint density at radius 3 is 2.61 bits per heavy atom. The lowest BCUT2D eigenvalue weighted by Crippen LogP contribution is -2.31. The second-order valence-electron chi connectivity index (χ2n) is 5.06. The number of fused-ring (bicyclic) bond motifs is 1. The van der Waals surface area contributed by atoms with Crippen molar-refractivity contribution in [2.75, 3.05) is 18.6 Å². The highest BCUT2D eigenvalue weighted by atomic mass is 35.5. The molecule has 5 heteroatoms. The van der Waals surface area contributed by atoms with Gasteiger partial charge in [0.25, 0.3) is 5.91 Å². The first-order valence-electron chi connectivity index (χ1n) is 7.14.